The molecule has 6 nitrogen and oxygen atoms in total. The van der Waals surface area contributed by atoms with Crippen molar-refractivity contribution in [2.75, 3.05) is 11.9 Å². The van der Waals surface area contributed by atoms with E-state index in [0.29, 0.717) is 13.0 Å². The summed E-state index contributed by atoms with van der Waals surface area (Å²) in [6.07, 6.45) is 2.37. The van der Waals surface area contributed by atoms with Crippen molar-refractivity contribution < 1.29 is 9.59 Å². The maximum absolute atomic E-state index is 13.6. The van der Waals surface area contributed by atoms with Crippen LogP contribution in [0.2, 0.25) is 0 Å². The zero-order valence-corrected chi connectivity index (χ0v) is 22.2. The number of aromatic nitrogens is 2. The Bertz CT molecular complexity index is 1560. The van der Waals surface area contributed by atoms with Gasteiger partial charge in [0.1, 0.15) is 6.04 Å². The minimum atomic E-state index is -0.702. The number of likely N-dealkylation sites (N-methyl/N-ethyl adjacent to an activating group) is 1. The molecular formula is C33H32N4O2. The third-order valence-electron chi connectivity index (χ3n) is 7.14. The molecule has 0 aliphatic carbocycles. The lowest BCUT2D eigenvalue weighted by Crippen LogP contribution is -2.49. The summed E-state index contributed by atoms with van der Waals surface area (Å²) in [4.78, 5) is 33.3. The van der Waals surface area contributed by atoms with Crippen LogP contribution in [0.25, 0.3) is 10.9 Å². The van der Waals surface area contributed by atoms with Crippen molar-refractivity contribution in [1.29, 1.82) is 0 Å². The van der Waals surface area contributed by atoms with Gasteiger partial charge in [0.25, 0.3) is 0 Å². The molecule has 3 aromatic carbocycles. The summed E-state index contributed by atoms with van der Waals surface area (Å²) in [7, 11) is 1.75. The van der Waals surface area contributed by atoms with Gasteiger partial charge in [0.15, 0.2) is 0 Å². The molecule has 0 saturated carbocycles. The fourth-order valence-electron chi connectivity index (χ4n) is 5.05. The van der Waals surface area contributed by atoms with E-state index in [0.717, 1.165) is 39.1 Å². The zero-order chi connectivity index (χ0) is 27.2. The Morgan fingerprint density at radius 2 is 1.54 bits per heavy atom. The number of amides is 2. The number of hydrogen-bond acceptors (Lipinski definition) is 3. The maximum atomic E-state index is 13.6. The Morgan fingerprint density at radius 3 is 2.26 bits per heavy atom. The Morgan fingerprint density at radius 1 is 0.872 bits per heavy atom. The minimum absolute atomic E-state index is 0.160. The molecule has 0 bridgehead atoms. The van der Waals surface area contributed by atoms with Gasteiger partial charge in [0.2, 0.25) is 11.8 Å². The Labute approximate surface area is 228 Å². The predicted octanol–water partition coefficient (Wildman–Crippen LogP) is 5.33. The van der Waals surface area contributed by atoms with Crippen LogP contribution in [0.5, 0.6) is 0 Å². The summed E-state index contributed by atoms with van der Waals surface area (Å²) in [6, 6.07) is 32.6. The van der Waals surface area contributed by atoms with Gasteiger partial charge in [-0.25, -0.2) is 0 Å². The zero-order valence-electron chi connectivity index (χ0n) is 22.2. The van der Waals surface area contributed by atoms with E-state index in [2.05, 4.69) is 27.0 Å². The molecule has 5 aromatic rings. The van der Waals surface area contributed by atoms with Crippen molar-refractivity contribution in [3.8, 4) is 0 Å². The van der Waals surface area contributed by atoms with Gasteiger partial charge in [0, 0.05) is 41.9 Å². The highest BCUT2D eigenvalue weighted by Gasteiger charge is 2.26. The first-order valence-electron chi connectivity index (χ1n) is 13.1. The van der Waals surface area contributed by atoms with Gasteiger partial charge in [0.05, 0.1) is 18.7 Å². The van der Waals surface area contributed by atoms with Crippen LogP contribution in [0.3, 0.4) is 0 Å². The second-order valence-corrected chi connectivity index (χ2v) is 9.71. The molecule has 0 spiro atoms. The van der Waals surface area contributed by atoms with E-state index in [-0.39, 0.29) is 18.2 Å². The summed E-state index contributed by atoms with van der Waals surface area (Å²) in [5.41, 5.74) is 5.76. The van der Waals surface area contributed by atoms with Crippen LogP contribution in [-0.4, -0.2) is 34.5 Å². The van der Waals surface area contributed by atoms with Crippen molar-refractivity contribution in [1.82, 2.24) is 14.9 Å². The number of anilines is 1. The average Bonchev–Trinajstić information content (AvgIpc) is 3.23. The van der Waals surface area contributed by atoms with E-state index in [9.17, 15) is 9.59 Å². The van der Waals surface area contributed by atoms with E-state index in [4.69, 9.17) is 0 Å². The van der Waals surface area contributed by atoms with Crippen molar-refractivity contribution in [3.63, 3.8) is 0 Å². The molecule has 2 aromatic heterocycles. The summed E-state index contributed by atoms with van der Waals surface area (Å²) in [6.45, 7) is 2.66. The number of para-hydroxylation sites is 2. The van der Waals surface area contributed by atoms with Crippen LogP contribution < -0.4 is 10.2 Å². The molecule has 1 N–H and O–H groups in total. The Hall–Kier alpha value is -4.71. The first kappa shape index (κ1) is 25.9. The lowest BCUT2D eigenvalue weighted by Gasteiger charge is -2.25. The first-order chi connectivity index (χ1) is 19.0. The molecule has 0 aliphatic heterocycles. The van der Waals surface area contributed by atoms with E-state index >= 15 is 0 Å². The van der Waals surface area contributed by atoms with E-state index in [1.165, 1.54) is 0 Å². The average molecular weight is 517 g/mol. The standard InChI is InChI=1S/C33H32N4O2/c1-24-29(28-18-9-10-19-31(28)37(24)23-26-15-11-12-20-34-26)22-32(38)35-30(21-25-13-5-3-6-14-25)33(39)36(2)27-16-7-4-8-17-27/h3-20,30H,21-23H2,1-2H3,(H,35,38)/t30-/m0/s1. The number of nitrogens with zero attached hydrogens (tertiary/aromatic N) is 3. The van der Waals surface area contributed by atoms with Crippen LogP contribution in [0.4, 0.5) is 5.69 Å². The predicted molar refractivity (Wildman–Crippen MR) is 156 cm³/mol. The molecule has 0 saturated heterocycles. The highest BCUT2D eigenvalue weighted by molar-refractivity contribution is 5.99. The highest BCUT2D eigenvalue weighted by atomic mass is 16.2. The number of hydrogen-bond donors (Lipinski definition) is 1. The summed E-state index contributed by atoms with van der Waals surface area (Å²) >= 11 is 0. The number of carbonyl (C=O) groups is 2. The van der Waals surface area contributed by atoms with Gasteiger partial charge < -0.3 is 14.8 Å². The van der Waals surface area contributed by atoms with Gasteiger partial charge >= 0.3 is 0 Å². The minimum Gasteiger partial charge on any atom is -0.344 e. The Balaban J connectivity index is 1.41. The number of fused-ring (bicyclic) bond motifs is 1. The van der Waals surface area contributed by atoms with Gasteiger partial charge in [-0.05, 0) is 48.4 Å². The molecule has 1 atom stereocenters. The molecule has 39 heavy (non-hydrogen) atoms. The van der Waals surface area contributed by atoms with Crippen molar-refractivity contribution in [2.24, 2.45) is 0 Å². The number of benzene rings is 3. The molecule has 0 unspecified atom stereocenters. The number of pyridine rings is 1. The third kappa shape index (κ3) is 5.91. The van der Waals surface area contributed by atoms with Crippen molar-refractivity contribution >= 4 is 28.4 Å². The summed E-state index contributed by atoms with van der Waals surface area (Å²) < 4.78 is 2.20. The van der Waals surface area contributed by atoms with Gasteiger partial charge in [-0.15, -0.1) is 0 Å². The second kappa shape index (κ2) is 11.8. The van der Waals surface area contributed by atoms with Crippen LogP contribution in [0.15, 0.2) is 109 Å². The topological polar surface area (TPSA) is 67.2 Å². The molecule has 2 amide bonds. The van der Waals surface area contributed by atoms with Crippen LogP contribution >= 0.6 is 0 Å². The van der Waals surface area contributed by atoms with E-state index in [1.807, 2.05) is 97.9 Å². The van der Waals surface area contributed by atoms with E-state index in [1.54, 1.807) is 18.1 Å². The first-order valence-corrected chi connectivity index (χ1v) is 13.1. The van der Waals surface area contributed by atoms with E-state index < -0.39 is 6.04 Å². The number of nitrogens with one attached hydrogen (secondary N) is 1. The molecule has 6 heteroatoms. The molecular weight excluding hydrogens is 484 g/mol. The SMILES string of the molecule is Cc1c(CC(=O)N[C@@H](Cc2ccccc2)C(=O)N(C)c2ccccc2)c2ccccc2n1Cc1ccccn1. The van der Waals surface area contributed by atoms with Crippen molar-refractivity contribution in [2.45, 2.75) is 32.4 Å². The molecule has 2 heterocycles. The molecule has 196 valence electrons. The largest absolute Gasteiger partial charge is 0.344 e. The van der Waals surface area contributed by atoms with Gasteiger partial charge in [-0.3, -0.25) is 14.6 Å². The molecule has 0 aliphatic rings. The third-order valence-corrected chi connectivity index (χ3v) is 7.14. The fraction of sp³-hybridized carbons (Fsp3) is 0.182. The maximum Gasteiger partial charge on any atom is 0.249 e. The molecule has 0 fully saturated rings. The monoisotopic (exact) mass is 516 g/mol. The van der Waals surface area contributed by atoms with Gasteiger partial charge in [-0.2, -0.15) is 0 Å². The number of carbonyl (C=O) groups excluding carboxylic acids is 2. The second-order valence-electron chi connectivity index (χ2n) is 9.71. The smallest absolute Gasteiger partial charge is 0.249 e. The highest BCUT2D eigenvalue weighted by Crippen LogP contribution is 2.27. The lowest BCUT2D eigenvalue weighted by atomic mass is 10.0. The molecule has 0 radical (unpaired) electrons. The van der Waals surface area contributed by atoms with Crippen LogP contribution in [0.1, 0.15) is 22.5 Å². The fourth-order valence-corrected chi connectivity index (χ4v) is 5.05. The van der Waals surface area contributed by atoms with Crippen LogP contribution in [0, 0.1) is 6.92 Å². The lowest BCUT2D eigenvalue weighted by molar-refractivity contribution is -0.127. The summed E-state index contributed by atoms with van der Waals surface area (Å²) in [5, 5.41) is 4.10. The van der Waals surface area contributed by atoms with Crippen LogP contribution in [-0.2, 0) is 29.0 Å². The van der Waals surface area contributed by atoms with Crippen molar-refractivity contribution in [3.05, 3.63) is 132 Å². The Kier molecular flexibility index (Phi) is 7.83. The normalized spacial score (nSPS) is 11.7. The van der Waals surface area contributed by atoms with Gasteiger partial charge in [-0.1, -0.05) is 72.8 Å². The number of rotatable bonds is 9. The molecule has 5 rings (SSSR count). The quantitative estimate of drug-likeness (QED) is 0.288. The summed E-state index contributed by atoms with van der Waals surface area (Å²) in [5.74, 6) is -0.345.